The Bertz CT molecular complexity index is 996. The van der Waals surface area contributed by atoms with Gasteiger partial charge in [0.2, 0.25) is 0 Å². The van der Waals surface area contributed by atoms with Crippen molar-refractivity contribution < 1.29 is 18.8 Å². The van der Waals surface area contributed by atoms with Gasteiger partial charge >= 0.3 is 5.97 Å². The summed E-state index contributed by atoms with van der Waals surface area (Å²) in [7, 11) is 2.79. The molecule has 134 valence electrons. The van der Waals surface area contributed by atoms with Crippen molar-refractivity contribution in [1.82, 2.24) is 14.9 Å². The van der Waals surface area contributed by atoms with Crippen LogP contribution in [0.5, 0.6) is 0 Å². The lowest BCUT2D eigenvalue weighted by Gasteiger charge is -2.04. The topological polar surface area (TPSA) is 99.2 Å². The molecule has 0 bridgehead atoms. The van der Waals surface area contributed by atoms with E-state index >= 15 is 0 Å². The molecule has 0 aliphatic carbocycles. The van der Waals surface area contributed by atoms with Crippen molar-refractivity contribution in [1.29, 1.82) is 0 Å². The van der Waals surface area contributed by atoms with Crippen LogP contribution in [0.4, 0.5) is 5.69 Å². The van der Waals surface area contributed by atoms with E-state index in [1.165, 1.54) is 24.1 Å². The highest BCUT2D eigenvalue weighted by Crippen LogP contribution is 2.30. The van der Waals surface area contributed by atoms with Gasteiger partial charge in [0.05, 0.1) is 24.0 Å². The highest BCUT2D eigenvalue weighted by molar-refractivity contribution is 6.36. The number of carbonyl (C=O) groups excluding carboxylic acids is 2. The van der Waals surface area contributed by atoms with Crippen LogP contribution in [-0.2, 0) is 11.8 Å². The summed E-state index contributed by atoms with van der Waals surface area (Å²) in [5.74, 6) is -0.909. The molecule has 8 nitrogen and oxygen atoms in total. The van der Waals surface area contributed by atoms with Gasteiger partial charge in [0, 0.05) is 23.7 Å². The molecule has 2 heterocycles. The largest absolute Gasteiger partial charge is 0.464 e. The number of aromatic nitrogens is 3. The normalized spacial score (nSPS) is 10.6. The van der Waals surface area contributed by atoms with Crippen molar-refractivity contribution in [2.45, 2.75) is 0 Å². The number of carbonyl (C=O) groups is 2. The number of halogens is 2. The first-order valence-electron chi connectivity index (χ1n) is 7.24. The lowest BCUT2D eigenvalue weighted by Crippen LogP contribution is -2.16. The summed E-state index contributed by atoms with van der Waals surface area (Å²) < 4.78 is 11.2. The summed E-state index contributed by atoms with van der Waals surface area (Å²) in [6.45, 7) is 0. The predicted octanol–water partition coefficient (Wildman–Crippen LogP) is 3.42. The molecule has 10 heteroatoms. The predicted molar refractivity (Wildman–Crippen MR) is 94.5 cm³/mol. The summed E-state index contributed by atoms with van der Waals surface area (Å²) in [5, 5.41) is 11.1. The van der Waals surface area contributed by atoms with E-state index in [2.05, 4.69) is 20.3 Å². The number of nitrogens with zero attached hydrogens (tertiary/aromatic N) is 3. The molecule has 1 N–H and O–H groups in total. The molecule has 26 heavy (non-hydrogen) atoms. The molecule has 1 amide bonds. The summed E-state index contributed by atoms with van der Waals surface area (Å²) >= 11 is 12.0. The molecule has 0 saturated carbocycles. The third-order valence-electron chi connectivity index (χ3n) is 3.51. The molecule has 0 radical (unpaired) electrons. The molecule has 0 aliphatic heterocycles. The Morgan fingerprint density at radius 2 is 2.04 bits per heavy atom. The van der Waals surface area contributed by atoms with Gasteiger partial charge in [-0.05, 0) is 18.2 Å². The van der Waals surface area contributed by atoms with Crippen LogP contribution < -0.4 is 5.32 Å². The maximum atomic E-state index is 12.4. The quantitative estimate of drug-likeness (QED) is 0.680. The van der Waals surface area contributed by atoms with Crippen molar-refractivity contribution in [3.63, 3.8) is 0 Å². The molecule has 0 atom stereocenters. The van der Waals surface area contributed by atoms with Crippen LogP contribution >= 0.6 is 23.2 Å². The fourth-order valence-corrected chi connectivity index (χ4v) is 2.75. The number of benzene rings is 1. The van der Waals surface area contributed by atoms with Crippen LogP contribution in [0.1, 0.15) is 21.0 Å². The highest BCUT2D eigenvalue weighted by atomic mass is 35.5. The maximum Gasteiger partial charge on any atom is 0.358 e. The second-order valence-electron chi connectivity index (χ2n) is 5.18. The van der Waals surface area contributed by atoms with Crippen LogP contribution in [0.3, 0.4) is 0 Å². The van der Waals surface area contributed by atoms with Gasteiger partial charge in [-0.15, -0.1) is 0 Å². The summed E-state index contributed by atoms with van der Waals surface area (Å²) in [5.41, 5.74) is 0.841. The van der Waals surface area contributed by atoms with E-state index in [0.717, 1.165) is 0 Å². The van der Waals surface area contributed by atoms with E-state index in [1.54, 1.807) is 25.2 Å². The van der Waals surface area contributed by atoms with Gasteiger partial charge in [0.15, 0.2) is 17.1 Å². The fraction of sp³-hybridized carbons (Fsp3) is 0.125. The van der Waals surface area contributed by atoms with Gasteiger partial charge in [-0.25, -0.2) is 4.79 Å². The average molecular weight is 395 g/mol. The second-order valence-corrected chi connectivity index (χ2v) is 6.02. The smallest absolute Gasteiger partial charge is 0.358 e. The van der Waals surface area contributed by atoms with Crippen molar-refractivity contribution in [2.24, 2.45) is 7.05 Å². The Balaban J connectivity index is 1.84. The Hall–Kier alpha value is -2.84. The van der Waals surface area contributed by atoms with Crippen molar-refractivity contribution >= 4 is 40.8 Å². The Labute approximate surface area is 157 Å². The van der Waals surface area contributed by atoms with E-state index in [4.69, 9.17) is 27.7 Å². The zero-order valence-corrected chi connectivity index (χ0v) is 15.1. The van der Waals surface area contributed by atoms with Crippen LogP contribution in [-0.4, -0.2) is 33.9 Å². The van der Waals surface area contributed by atoms with Gasteiger partial charge < -0.3 is 14.6 Å². The van der Waals surface area contributed by atoms with E-state index in [1.807, 2.05) is 0 Å². The number of anilines is 1. The fourth-order valence-electron chi connectivity index (χ4n) is 2.25. The molecular formula is C16H12Cl2N4O4. The molecule has 0 fully saturated rings. The SMILES string of the molecule is COC(=O)c1c(NC(=O)c2cc(-c3ccc(Cl)cc3Cl)on2)cnn1C. The van der Waals surface area contributed by atoms with Crippen LogP contribution in [0, 0.1) is 0 Å². The minimum absolute atomic E-state index is 0.00526. The minimum Gasteiger partial charge on any atom is -0.464 e. The van der Waals surface area contributed by atoms with Gasteiger partial charge in [0.25, 0.3) is 5.91 Å². The number of amides is 1. The second kappa shape index (κ2) is 7.19. The molecule has 3 rings (SSSR count). The van der Waals surface area contributed by atoms with Gasteiger partial charge in [-0.2, -0.15) is 5.10 Å². The number of hydrogen-bond acceptors (Lipinski definition) is 6. The third-order valence-corrected chi connectivity index (χ3v) is 4.05. The van der Waals surface area contributed by atoms with E-state index < -0.39 is 11.9 Å². The molecular weight excluding hydrogens is 383 g/mol. The molecule has 0 spiro atoms. The molecule has 1 aromatic carbocycles. The zero-order chi connectivity index (χ0) is 18.8. The van der Waals surface area contributed by atoms with Gasteiger partial charge in [0.1, 0.15) is 0 Å². The Morgan fingerprint density at radius 3 is 2.73 bits per heavy atom. The summed E-state index contributed by atoms with van der Waals surface area (Å²) in [6, 6.07) is 6.28. The lowest BCUT2D eigenvalue weighted by molar-refractivity contribution is 0.0589. The first kappa shape index (κ1) is 18.0. The number of ether oxygens (including phenoxy) is 1. The summed E-state index contributed by atoms with van der Waals surface area (Å²) in [6.07, 6.45) is 1.33. The number of hydrogen-bond donors (Lipinski definition) is 1. The monoisotopic (exact) mass is 394 g/mol. The number of rotatable bonds is 4. The van der Waals surface area contributed by atoms with E-state index in [-0.39, 0.29) is 17.1 Å². The number of methoxy groups -OCH3 is 1. The first-order chi connectivity index (χ1) is 12.4. The molecule has 0 aliphatic rings. The lowest BCUT2D eigenvalue weighted by atomic mass is 10.1. The molecule has 3 aromatic rings. The molecule has 0 unspecified atom stereocenters. The minimum atomic E-state index is -0.630. The number of nitrogens with one attached hydrogen (secondary N) is 1. The maximum absolute atomic E-state index is 12.4. The van der Waals surface area contributed by atoms with Crippen molar-refractivity contribution in [3.8, 4) is 11.3 Å². The van der Waals surface area contributed by atoms with Crippen LogP contribution in [0.15, 0.2) is 35.0 Å². The van der Waals surface area contributed by atoms with E-state index in [0.29, 0.717) is 21.4 Å². The Kier molecular flexibility index (Phi) is 4.97. The van der Waals surface area contributed by atoms with Gasteiger partial charge in [-0.1, -0.05) is 28.4 Å². The van der Waals surface area contributed by atoms with E-state index in [9.17, 15) is 9.59 Å². The average Bonchev–Trinajstić information content (AvgIpc) is 3.22. The van der Waals surface area contributed by atoms with Crippen LogP contribution in [0.25, 0.3) is 11.3 Å². The molecule has 2 aromatic heterocycles. The standard InChI is InChI=1S/C16H12Cl2N4O4/c1-22-14(16(24)25-2)12(7-19-22)20-15(23)11-6-13(26-21-11)9-4-3-8(17)5-10(9)18/h3-7H,1-2H3,(H,20,23). The zero-order valence-electron chi connectivity index (χ0n) is 13.6. The first-order valence-corrected chi connectivity index (χ1v) is 8.00. The highest BCUT2D eigenvalue weighted by Gasteiger charge is 2.22. The summed E-state index contributed by atoms with van der Waals surface area (Å²) in [4.78, 5) is 24.2. The number of esters is 1. The molecule has 0 saturated heterocycles. The van der Waals surface area contributed by atoms with Crippen LogP contribution in [0.2, 0.25) is 10.0 Å². The van der Waals surface area contributed by atoms with Crippen molar-refractivity contribution in [2.75, 3.05) is 12.4 Å². The number of aryl methyl sites for hydroxylation is 1. The van der Waals surface area contributed by atoms with Crippen molar-refractivity contribution in [3.05, 3.63) is 51.9 Å². The third kappa shape index (κ3) is 3.42. The van der Waals surface area contributed by atoms with Gasteiger partial charge in [-0.3, -0.25) is 9.48 Å². The Morgan fingerprint density at radius 1 is 1.27 bits per heavy atom.